The molecular formula is C14H23N3OS2. The van der Waals surface area contributed by atoms with Crippen LogP contribution in [0, 0.1) is 0 Å². The molecule has 4 nitrogen and oxygen atoms in total. The third-order valence-corrected chi connectivity index (χ3v) is 6.59. The van der Waals surface area contributed by atoms with Gasteiger partial charge in [-0.25, -0.2) is 0 Å². The quantitative estimate of drug-likeness (QED) is 0.618. The van der Waals surface area contributed by atoms with Gasteiger partial charge in [-0.3, -0.25) is 0 Å². The number of thioether (sulfide) groups is 2. The molecule has 1 aromatic rings. The van der Waals surface area contributed by atoms with Crippen LogP contribution in [-0.2, 0) is 6.61 Å². The molecule has 2 aliphatic rings. The van der Waals surface area contributed by atoms with Crippen molar-refractivity contribution in [2.75, 3.05) is 11.5 Å². The molecule has 20 heavy (non-hydrogen) atoms. The summed E-state index contributed by atoms with van der Waals surface area (Å²) in [6.45, 7) is 0.000877. The molecule has 2 saturated carbocycles. The Bertz CT molecular complexity index is 428. The number of aliphatic hydroxyl groups excluding tert-OH is 1. The molecule has 0 aliphatic heterocycles. The van der Waals surface area contributed by atoms with E-state index >= 15 is 0 Å². The maximum atomic E-state index is 9.31. The predicted molar refractivity (Wildman–Crippen MR) is 84.3 cm³/mol. The highest BCUT2D eigenvalue weighted by Crippen LogP contribution is 2.39. The first-order valence-corrected chi connectivity index (χ1v) is 9.71. The van der Waals surface area contributed by atoms with Crippen LogP contribution in [-0.4, -0.2) is 36.6 Å². The van der Waals surface area contributed by atoms with Crippen LogP contribution in [0.3, 0.4) is 0 Å². The van der Waals surface area contributed by atoms with E-state index in [1.165, 1.54) is 50.7 Å². The van der Waals surface area contributed by atoms with Gasteiger partial charge in [-0.1, -0.05) is 31.0 Å². The van der Waals surface area contributed by atoms with Crippen LogP contribution in [0.15, 0.2) is 5.16 Å². The number of hydrogen-bond donors (Lipinski definition) is 1. The number of hydrogen-bond acceptors (Lipinski definition) is 5. The fourth-order valence-electron chi connectivity index (χ4n) is 2.79. The summed E-state index contributed by atoms with van der Waals surface area (Å²) in [5.74, 6) is 3.02. The minimum Gasteiger partial charge on any atom is -0.388 e. The Kier molecular flexibility index (Phi) is 5.29. The SMILES string of the molecule is OCc1nnc(SCCSC2CCCCC2)n1C1CC1. The Labute approximate surface area is 129 Å². The predicted octanol–water partition coefficient (Wildman–Crippen LogP) is 3.26. The largest absolute Gasteiger partial charge is 0.388 e. The van der Waals surface area contributed by atoms with Crippen molar-refractivity contribution < 1.29 is 5.11 Å². The second-order valence-corrected chi connectivity index (χ2v) is 8.11. The Morgan fingerprint density at radius 1 is 1.05 bits per heavy atom. The summed E-state index contributed by atoms with van der Waals surface area (Å²) >= 11 is 3.93. The van der Waals surface area contributed by atoms with Crippen molar-refractivity contribution in [1.29, 1.82) is 0 Å². The third kappa shape index (κ3) is 3.71. The van der Waals surface area contributed by atoms with E-state index in [0.717, 1.165) is 22.0 Å². The summed E-state index contributed by atoms with van der Waals surface area (Å²) in [7, 11) is 0. The maximum absolute atomic E-state index is 9.31. The van der Waals surface area contributed by atoms with Crippen molar-refractivity contribution in [3.8, 4) is 0 Å². The van der Waals surface area contributed by atoms with Gasteiger partial charge in [-0.2, -0.15) is 11.8 Å². The molecule has 1 heterocycles. The second-order valence-electron chi connectivity index (χ2n) is 5.64. The van der Waals surface area contributed by atoms with E-state index in [1.54, 1.807) is 11.8 Å². The molecule has 2 fully saturated rings. The van der Waals surface area contributed by atoms with E-state index in [0.29, 0.717) is 6.04 Å². The molecule has 112 valence electrons. The average molecular weight is 313 g/mol. The Balaban J connectivity index is 1.45. The molecule has 0 amide bonds. The van der Waals surface area contributed by atoms with Gasteiger partial charge in [0.15, 0.2) is 11.0 Å². The first-order chi connectivity index (χ1) is 9.88. The number of rotatable bonds is 7. The maximum Gasteiger partial charge on any atom is 0.191 e. The fraction of sp³-hybridized carbons (Fsp3) is 0.857. The van der Waals surface area contributed by atoms with Crippen LogP contribution in [0.25, 0.3) is 0 Å². The van der Waals surface area contributed by atoms with Gasteiger partial charge in [0.25, 0.3) is 0 Å². The van der Waals surface area contributed by atoms with Crippen molar-refractivity contribution in [3.05, 3.63) is 5.82 Å². The zero-order valence-corrected chi connectivity index (χ0v) is 13.5. The van der Waals surface area contributed by atoms with Crippen LogP contribution >= 0.6 is 23.5 Å². The standard InChI is InChI=1S/C14H23N3OS2/c18-10-13-15-16-14(17(13)11-6-7-11)20-9-8-19-12-4-2-1-3-5-12/h11-12,18H,1-10H2. The highest BCUT2D eigenvalue weighted by atomic mass is 32.2. The molecule has 0 aromatic carbocycles. The van der Waals surface area contributed by atoms with Crippen molar-refractivity contribution in [2.45, 2.75) is 68.0 Å². The summed E-state index contributed by atoms with van der Waals surface area (Å²) in [4.78, 5) is 0. The lowest BCUT2D eigenvalue weighted by molar-refractivity contribution is 0.263. The first-order valence-electron chi connectivity index (χ1n) is 7.67. The molecule has 0 unspecified atom stereocenters. The van der Waals surface area contributed by atoms with Gasteiger partial charge < -0.3 is 9.67 Å². The number of nitrogens with zero attached hydrogens (tertiary/aromatic N) is 3. The molecule has 0 radical (unpaired) electrons. The minimum atomic E-state index is 0.000877. The molecule has 0 atom stereocenters. The van der Waals surface area contributed by atoms with Gasteiger partial charge in [-0.15, -0.1) is 10.2 Å². The highest BCUT2D eigenvalue weighted by molar-refractivity contribution is 8.03. The van der Waals surface area contributed by atoms with E-state index in [4.69, 9.17) is 0 Å². The molecule has 0 saturated heterocycles. The lowest BCUT2D eigenvalue weighted by atomic mass is 10.0. The lowest BCUT2D eigenvalue weighted by Gasteiger charge is -2.20. The third-order valence-electron chi connectivity index (χ3n) is 4.01. The smallest absolute Gasteiger partial charge is 0.191 e. The lowest BCUT2D eigenvalue weighted by Crippen LogP contribution is -2.09. The Morgan fingerprint density at radius 2 is 1.85 bits per heavy atom. The summed E-state index contributed by atoms with van der Waals surface area (Å²) in [5, 5.41) is 19.5. The molecule has 2 aliphatic carbocycles. The van der Waals surface area contributed by atoms with Gasteiger partial charge in [0.05, 0.1) is 0 Å². The summed E-state index contributed by atoms with van der Waals surface area (Å²) in [6.07, 6.45) is 9.48. The fourth-order valence-corrected chi connectivity index (χ4v) is 5.19. The van der Waals surface area contributed by atoms with Gasteiger partial charge in [0.1, 0.15) is 6.61 Å². The van der Waals surface area contributed by atoms with Gasteiger partial charge >= 0.3 is 0 Å². The summed E-state index contributed by atoms with van der Waals surface area (Å²) in [5.41, 5.74) is 0. The van der Waals surface area contributed by atoms with E-state index in [-0.39, 0.29) is 6.61 Å². The zero-order chi connectivity index (χ0) is 13.8. The number of aromatic nitrogens is 3. The number of aliphatic hydroxyl groups is 1. The second kappa shape index (κ2) is 7.18. The van der Waals surface area contributed by atoms with Crippen LogP contribution in [0.4, 0.5) is 0 Å². The normalized spacial score (nSPS) is 20.4. The van der Waals surface area contributed by atoms with Gasteiger partial charge in [0.2, 0.25) is 0 Å². The summed E-state index contributed by atoms with van der Waals surface area (Å²) < 4.78 is 2.15. The van der Waals surface area contributed by atoms with Crippen LogP contribution in [0.5, 0.6) is 0 Å². The van der Waals surface area contributed by atoms with Crippen molar-refractivity contribution in [2.24, 2.45) is 0 Å². The van der Waals surface area contributed by atoms with E-state index in [2.05, 4.69) is 26.5 Å². The summed E-state index contributed by atoms with van der Waals surface area (Å²) in [6, 6.07) is 0.542. The van der Waals surface area contributed by atoms with Crippen LogP contribution < -0.4 is 0 Å². The van der Waals surface area contributed by atoms with Crippen molar-refractivity contribution in [1.82, 2.24) is 14.8 Å². The zero-order valence-electron chi connectivity index (χ0n) is 11.8. The van der Waals surface area contributed by atoms with E-state index in [1.807, 2.05) is 0 Å². The minimum absolute atomic E-state index is 0.000877. The highest BCUT2D eigenvalue weighted by Gasteiger charge is 2.29. The monoisotopic (exact) mass is 313 g/mol. The topological polar surface area (TPSA) is 50.9 Å². The molecule has 0 spiro atoms. The van der Waals surface area contributed by atoms with Crippen LogP contribution in [0.2, 0.25) is 0 Å². The van der Waals surface area contributed by atoms with Crippen molar-refractivity contribution >= 4 is 23.5 Å². The van der Waals surface area contributed by atoms with E-state index in [9.17, 15) is 5.11 Å². The molecule has 1 aromatic heterocycles. The molecule has 6 heteroatoms. The average Bonchev–Trinajstić information content (AvgIpc) is 3.25. The molecule has 1 N–H and O–H groups in total. The molecular weight excluding hydrogens is 290 g/mol. The van der Waals surface area contributed by atoms with Crippen LogP contribution in [0.1, 0.15) is 56.8 Å². The molecule has 3 rings (SSSR count). The Hall–Kier alpha value is -0.200. The molecule has 0 bridgehead atoms. The van der Waals surface area contributed by atoms with Gasteiger partial charge in [-0.05, 0) is 25.7 Å². The van der Waals surface area contributed by atoms with Crippen molar-refractivity contribution in [3.63, 3.8) is 0 Å². The van der Waals surface area contributed by atoms with Gasteiger partial charge in [0, 0.05) is 22.8 Å². The Morgan fingerprint density at radius 3 is 2.55 bits per heavy atom. The van der Waals surface area contributed by atoms with E-state index < -0.39 is 0 Å². The first kappa shape index (κ1) is 14.7.